The summed E-state index contributed by atoms with van der Waals surface area (Å²) in [5, 5.41) is 20.6. The highest BCUT2D eigenvalue weighted by molar-refractivity contribution is 7.47. The Hall–Kier alpha value is -3.27. The number of phosphoric acid groups is 2. The SMILES string of the molecule is CC/C=C\C/C=C\C/C=C\C/C=C\C/C=C\CCCCCCCCCCCCCCCCCC(=O)OCC(O)COP(=O)(O)OCC(O)COP(=O)(O)OCC(COC(=O)CCCCCCC/C=C\C/C=C\CCCCC)OC(=O)CCCCCCCCCCCCCCCCC. The van der Waals surface area contributed by atoms with Crippen LogP contribution in [0.3, 0.4) is 0 Å². The summed E-state index contributed by atoms with van der Waals surface area (Å²) < 4.78 is 61.1. The molecule has 0 radical (unpaired) electrons. The third-order valence-corrected chi connectivity index (χ3v) is 18.5. The van der Waals surface area contributed by atoms with E-state index >= 15 is 0 Å². The van der Waals surface area contributed by atoms with Crippen LogP contribution in [0.2, 0.25) is 0 Å². The number of unbranched alkanes of at least 4 members (excludes halogenated alkanes) is 37. The topological polar surface area (TPSA) is 231 Å². The molecular formula is C79H142O16P2. The van der Waals surface area contributed by atoms with Gasteiger partial charge in [0, 0.05) is 19.3 Å². The van der Waals surface area contributed by atoms with Crippen LogP contribution in [0, 0.1) is 0 Å². The summed E-state index contributed by atoms with van der Waals surface area (Å²) >= 11 is 0. The number of rotatable bonds is 74. The highest BCUT2D eigenvalue weighted by Crippen LogP contribution is 2.45. The number of carbonyl (C=O) groups is 3. The van der Waals surface area contributed by atoms with E-state index in [4.69, 9.17) is 32.3 Å². The van der Waals surface area contributed by atoms with Gasteiger partial charge in [-0.2, -0.15) is 0 Å². The van der Waals surface area contributed by atoms with Gasteiger partial charge in [-0.3, -0.25) is 32.5 Å². The number of allylic oxidation sites excluding steroid dienone is 14. The predicted molar refractivity (Wildman–Crippen MR) is 399 cm³/mol. The molecule has 0 aliphatic heterocycles. The number of hydrogen-bond donors (Lipinski definition) is 4. The summed E-state index contributed by atoms with van der Waals surface area (Å²) in [7, 11) is -9.77. The molecule has 0 saturated carbocycles. The average molecular weight is 1410 g/mol. The van der Waals surface area contributed by atoms with Crippen molar-refractivity contribution in [2.75, 3.05) is 39.6 Å². The molecule has 0 aliphatic rings. The number of aliphatic hydroxyl groups is 2. The van der Waals surface area contributed by atoms with Crippen LogP contribution in [0.5, 0.6) is 0 Å². The molecule has 0 fully saturated rings. The number of esters is 3. The molecule has 564 valence electrons. The van der Waals surface area contributed by atoms with E-state index in [2.05, 4.69) is 106 Å². The zero-order valence-electron chi connectivity index (χ0n) is 61.5. The fourth-order valence-corrected chi connectivity index (χ4v) is 12.3. The van der Waals surface area contributed by atoms with Gasteiger partial charge in [0.05, 0.1) is 26.4 Å². The maximum absolute atomic E-state index is 12.9. The van der Waals surface area contributed by atoms with Crippen molar-refractivity contribution < 1.29 is 75.8 Å². The van der Waals surface area contributed by atoms with Crippen molar-refractivity contribution in [2.45, 2.75) is 360 Å². The molecule has 0 heterocycles. The molecule has 16 nitrogen and oxygen atoms in total. The minimum absolute atomic E-state index is 0.107. The highest BCUT2D eigenvalue weighted by atomic mass is 31.2. The molecule has 0 aromatic carbocycles. The third kappa shape index (κ3) is 73.8. The van der Waals surface area contributed by atoms with Gasteiger partial charge in [-0.1, -0.05) is 311 Å². The molecule has 0 saturated heterocycles. The zero-order chi connectivity index (χ0) is 70.9. The molecule has 18 heteroatoms. The normalized spacial score (nSPS) is 14.5. The second kappa shape index (κ2) is 72.5. The number of carbonyl (C=O) groups excluding carboxylic acids is 3. The van der Waals surface area contributed by atoms with Gasteiger partial charge in [0.2, 0.25) is 0 Å². The summed E-state index contributed by atoms with van der Waals surface area (Å²) in [6.45, 7) is 2.57. The maximum atomic E-state index is 12.9. The minimum Gasteiger partial charge on any atom is -0.463 e. The lowest BCUT2D eigenvalue weighted by atomic mass is 10.0. The maximum Gasteiger partial charge on any atom is 0.472 e. The molecule has 0 spiro atoms. The quantitative estimate of drug-likeness (QED) is 0.0146. The van der Waals surface area contributed by atoms with Gasteiger partial charge in [0.15, 0.2) is 6.10 Å². The number of hydrogen-bond acceptors (Lipinski definition) is 14. The lowest BCUT2D eigenvalue weighted by Crippen LogP contribution is -2.30. The first-order valence-corrected chi connectivity index (χ1v) is 41.9. The lowest BCUT2D eigenvalue weighted by molar-refractivity contribution is -0.161. The minimum atomic E-state index is -4.92. The Labute approximate surface area is 591 Å². The monoisotopic (exact) mass is 1410 g/mol. The van der Waals surface area contributed by atoms with Gasteiger partial charge in [-0.25, -0.2) is 9.13 Å². The van der Waals surface area contributed by atoms with Crippen LogP contribution in [-0.4, -0.2) is 95.9 Å². The molecule has 4 N–H and O–H groups in total. The van der Waals surface area contributed by atoms with Crippen LogP contribution in [0.1, 0.15) is 342 Å². The van der Waals surface area contributed by atoms with Crippen LogP contribution < -0.4 is 0 Å². The van der Waals surface area contributed by atoms with Crippen molar-refractivity contribution in [3.8, 4) is 0 Å². The van der Waals surface area contributed by atoms with Crippen molar-refractivity contribution in [2.24, 2.45) is 0 Å². The van der Waals surface area contributed by atoms with Crippen LogP contribution in [0.15, 0.2) is 85.1 Å². The van der Waals surface area contributed by atoms with Gasteiger partial charge in [-0.05, 0) is 96.3 Å². The first-order valence-electron chi connectivity index (χ1n) is 38.9. The molecule has 5 unspecified atom stereocenters. The van der Waals surface area contributed by atoms with E-state index in [1.807, 2.05) is 0 Å². The molecule has 5 atom stereocenters. The van der Waals surface area contributed by atoms with Crippen molar-refractivity contribution in [1.82, 2.24) is 0 Å². The van der Waals surface area contributed by atoms with Gasteiger partial charge in [0.25, 0.3) is 0 Å². The Morgan fingerprint density at radius 1 is 0.299 bits per heavy atom. The Bertz CT molecular complexity index is 2110. The summed E-state index contributed by atoms with van der Waals surface area (Å²) in [5.74, 6) is -1.57. The lowest BCUT2D eigenvalue weighted by Gasteiger charge is -2.21. The van der Waals surface area contributed by atoms with E-state index in [0.29, 0.717) is 19.3 Å². The second-order valence-corrected chi connectivity index (χ2v) is 29.0. The Morgan fingerprint density at radius 3 is 0.887 bits per heavy atom. The van der Waals surface area contributed by atoms with E-state index in [-0.39, 0.29) is 19.3 Å². The molecule has 0 bridgehead atoms. The second-order valence-electron chi connectivity index (χ2n) is 26.1. The standard InChI is InChI=1S/C79H142O16P2/c1-4-7-10-13-16-19-22-25-28-29-30-31-32-33-34-35-36-37-38-39-40-41-42-43-46-48-50-53-56-59-62-65-77(82)89-68-74(80)69-91-96(85,86)92-70-75(81)71-93-97(87,88)94-73-76(95-79(84)67-64-61-58-55-52-49-45-27-24-21-18-15-12-9-6-3)72-90-78(83)66-63-60-57-54-51-47-44-26-23-20-17-14-11-8-5-2/h7,10,16-17,19-20,25-26,28,30-31,33-34,44,74-76,80-81H,4-6,8-9,11-15,18,21-24,27,29,32,35-43,45-73H2,1-3H3,(H,85,86)(H,87,88)/b10-7-,19-16-,20-17-,28-25-,31-30-,34-33-,44-26-. The summed E-state index contributed by atoms with van der Waals surface area (Å²) in [4.78, 5) is 58.5. The highest BCUT2D eigenvalue weighted by Gasteiger charge is 2.29. The number of ether oxygens (including phenoxy) is 3. The average Bonchev–Trinajstić information content (AvgIpc) is 1.84. The fourth-order valence-electron chi connectivity index (χ4n) is 10.7. The molecule has 0 aromatic rings. The first-order chi connectivity index (χ1) is 47.2. The molecule has 0 aliphatic carbocycles. The molecule has 0 aromatic heterocycles. The van der Waals surface area contributed by atoms with Gasteiger partial charge in [-0.15, -0.1) is 0 Å². The van der Waals surface area contributed by atoms with Crippen molar-refractivity contribution in [1.29, 1.82) is 0 Å². The van der Waals surface area contributed by atoms with E-state index in [1.165, 1.54) is 161 Å². The first kappa shape index (κ1) is 93.7. The van der Waals surface area contributed by atoms with E-state index < -0.39 is 91.5 Å². The molecule has 0 rings (SSSR count). The van der Waals surface area contributed by atoms with Crippen LogP contribution >= 0.6 is 15.6 Å². The van der Waals surface area contributed by atoms with Crippen molar-refractivity contribution in [3.63, 3.8) is 0 Å². The molecule has 97 heavy (non-hydrogen) atoms. The van der Waals surface area contributed by atoms with E-state index in [0.717, 1.165) is 122 Å². The number of aliphatic hydroxyl groups excluding tert-OH is 2. The largest absolute Gasteiger partial charge is 0.472 e. The van der Waals surface area contributed by atoms with E-state index in [9.17, 15) is 43.5 Å². The molecular weight excluding hydrogens is 1270 g/mol. The summed E-state index contributed by atoms with van der Waals surface area (Å²) in [5.41, 5.74) is 0. The Morgan fingerprint density at radius 2 is 0.546 bits per heavy atom. The predicted octanol–water partition coefficient (Wildman–Crippen LogP) is 22.4. The van der Waals surface area contributed by atoms with Crippen molar-refractivity contribution in [3.05, 3.63) is 85.1 Å². The Balaban J connectivity index is 4.42. The van der Waals surface area contributed by atoms with Crippen molar-refractivity contribution >= 4 is 33.6 Å². The molecule has 0 amide bonds. The van der Waals surface area contributed by atoms with Crippen LogP contribution in [0.4, 0.5) is 0 Å². The van der Waals surface area contributed by atoms with E-state index in [1.54, 1.807) is 0 Å². The van der Waals surface area contributed by atoms with Gasteiger partial charge >= 0.3 is 33.6 Å². The summed E-state index contributed by atoms with van der Waals surface area (Å²) in [6, 6.07) is 0. The van der Waals surface area contributed by atoms with Crippen LogP contribution in [-0.2, 0) is 55.8 Å². The zero-order valence-corrected chi connectivity index (χ0v) is 63.3. The smallest absolute Gasteiger partial charge is 0.463 e. The fraction of sp³-hybridized carbons (Fsp3) is 0.785. The number of phosphoric ester groups is 2. The van der Waals surface area contributed by atoms with Gasteiger partial charge < -0.3 is 34.2 Å². The summed E-state index contributed by atoms with van der Waals surface area (Å²) in [6.07, 6.45) is 80.7. The van der Waals surface area contributed by atoms with Gasteiger partial charge in [0.1, 0.15) is 25.4 Å². The van der Waals surface area contributed by atoms with Crippen LogP contribution in [0.25, 0.3) is 0 Å². The third-order valence-electron chi connectivity index (χ3n) is 16.6. The Kier molecular flexibility index (Phi) is 70.1.